The Balaban J connectivity index is 0.963. The summed E-state index contributed by atoms with van der Waals surface area (Å²) < 4.78 is 23.0. The second-order valence-corrected chi connectivity index (χ2v) is 19.2. The van der Waals surface area contributed by atoms with Crippen LogP contribution in [-0.4, -0.2) is 125 Å². The Kier molecular flexibility index (Phi) is 13.2. The molecule has 0 bridgehead atoms. The Morgan fingerprint density at radius 2 is 1.52 bits per heavy atom. The Bertz CT molecular complexity index is 2040. The maximum absolute atomic E-state index is 13.5. The minimum Gasteiger partial charge on any atom is -0.444 e. The lowest BCUT2D eigenvalue weighted by Crippen LogP contribution is -2.51. The third-order valence-electron chi connectivity index (χ3n) is 13.1. The van der Waals surface area contributed by atoms with Crippen molar-refractivity contribution in [3.8, 4) is 11.8 Å². The number of carbonyl (C=O) groups is 3. The lowest BCUT2D eigenvalue weighted by Gasteiger charge is -2.43. The van der Waals surface area contributed by atoms with Crippen molar-refractivity contribution >= 4 is 17.9 Å². The zero-order valence-corrected chi connectivity index (χ0v) is 36.4. The zero-order chi connectivity index (χ0) is 42.7. The number of amides is 3. The molecule has 14 heteroatoms. The van der Waals surface area contributed by atoms with Gasteiger partial charge >= 0.3 is 6.09 Å². The molecule has 1 aromatic carbocycles. The van der Waals surface area contributed by atoms with Crippen molar-refractivity contribution in [2.75, 3.05) is 45.9 Å². The first-order chi connectivity index (χ1) is 29.4. The van der Waals surface area contributed by atoms with Gasteiger partial charge in [0.1, 0.15) is 23.7 Å². The molecule has 8 rings (SSSR count). The molecular formula is C47H63N7O7. The number of piperidine rings is 1. The fourth-order valence-electron chi connectivity index (χ4n) is 9.45. The van der Waals surface area contributed by atoms with Crippen LogP contribution >= 0.6 is 0 Å². The third-order valence-corrected chi connectivity index (χ3v) is 13.1. The first-order valence-electron chi connectivity index (χ1n) is 22.5. The van der Waals surface area contributed by atoms with Crippen LogP contribution in [0.4, 0.5) is 4.79 Å². The number of carbonyl (C=O) groups excluding carboxylic acids is 3. The normalized spacial score (nSPS) is 24.8. The van der Waals surface area contributed by atoms with Gasteiger partial charge in [-0.05, 0) is 103 Å². The van der Waals surface area contributed by atoms with Crippen LogP contribution in [0.3, 0.4) is 0 Å². The van der Waals surface area contributed by atoms with Crippen LogP contribution in [0.5, 0.6) is 0 Å². The maximum Gasteiger partial charge on any atom is 0.410 e. The number of hydrogen-bond donors (Lipinski definition) is 2. The zero-order valence-electron chi connectivity index (χ0n) is 36.4. The van der Waals surface area contributed by atoms with Crippen LogP contribution in [0.1, 0.15) is 136 Å². The van der Waals surface area contributed by atoms with Crippen LogP contribution in [0.25, 0.3) is 0 Å². The third kappa shape index (κ3) is 11.2. The van der Waals surface area contributed by atoms with E-state index in [4.69, 9.17) is 18.5 Å². The van der Waals surface area contributed by atoms with E-state index in [0.29, 0.717) is 62.0 Å². The molecule has 5 heterocycles. The molecule has 2 aromatic heterocycles. The number of nitrogens with one attached hydrogen (secondary N) is 2. The van der Waals surface area contributed by atoms with Crippen molar-refractivity contribution in [2.24, 2.45) is 11.8 Å². The van der Waals surface area contributed by atoms with Gasteiger partial charge in [-0.2, -0.15) is 0 Å². The van der Waals surface area contributed by atoms with E-state index in [1.54, 1.807) is 12.1 Å². The first-order valence-corrected chi connectivity index (χ1v) is 22.5. The van der Waals surface area contributed by atoms with Gasteiger partial charge in [0, 0.05) is 92.5 Å². The van der Waals surface area contributed by atoms with Crippen LogP contribution in [0, 0.1) is 23.7 Å². The fraction of sp³-hybridized carbons (Fsp3) is 0.638. The van der Waals surface area contributed by atoms with E-state index in [9.17, 15) is 14.4 Å². The molecule has 0 radical (unpaired) electrons. The van der Waals surface area contributed by atoms with Gasteiger partial charge in [-0.3, -0.25) is 19.4 Å². The monoisotopic (exact) mass is 837 g/mol. The fourth-order valence-corrected chi connectivity index (χ4v) is 9.45. The summed E-state index contributed by atoms with van der Waals surface area (Å²) >= 11 is 0. The minimum atomic E-state index is -0.557. The van der Waals surface area contributed by atoms with E-state index in [1.807, 2.05) is 56.0 Å². The summed E-state index contributed by atoms with van der Waals surface area (Å²) in [5.41, 5.74) is 1.06. The van der Waals surface area contributed by atoms with Crippen molar-refractivity contribution in [3.63, 3.8) is 0 Å². The molecule has 2 saturated carbocycles. The lowest BCUT2D eigenvalue weighted by molar-refractivity contribution is 0.0101. The van der Waals surface area contributed by atoms with Crippen LogP contribution in [-0.2, 0) is 9.47 Å². The molecule has 3 amide bonds. The van der Waals surface area contributed by atoms with E-state index in [1.165, 1.54) is 0 Å². The van der Waals surface area contributed by atoms with Crippen molar-refractivity contribution < 1.29 is 32.9 Å². The molecule has 3 saturated heterocycles. The summed E-state index contributed by atoms with van der Waals surface area (Å²) in [7, 11) is 0. The maximum atomic E-state index is 13.5. The van der Waals surface area contributed by atoms with Crippen LogP contribution < -0.4 is 10.6 Å². The summed E-state index contributed by atoms with van der Waals surface area (Å²) in [6, 6.07) is 13.7. The number of benzene rings is 1. The second-order valence-electron chi connectivity index (χ2n) is 19.2. The Hall–Kier alpha value is -4.71. The van der Waals surface area contributed by atoms with Crippen molar-refractivity contribution in [3.05, 3.63) is 70.9 Å². The van der Waals surface area contributed by atoms with Crippen LogP contribution in [0.2, 0.25) is 0 Å². The number of rotatable bonds is 14. The quantitative estimate of drug-likeness (QED) is 0.141. The summed E-state index contributed by atoms with van der Waals surface area (Å²) in [5.74, 6) is 8.84. The largest absolute Gasteiger partial charge is 0.444 e. The number of hydrogen-bond acceptors (Lipinski definition) is 11. The predicted octanol–water partition coefficient (Wildman–Crippen LogP) is 6.20. The summed E-state index contributed by atoms with van der Waals surface area (Å²) in [6.45, 7) is 14.5. The highest BCUT2D eigenvalue weighted by Gasteiger charge is 2.43. The minimum absolute atomic E-state index is 0.0466. The van der Waals surface area contributed by atoms with Gasteiger partial charge in [0.25, 0.3) is 11.8 Å². The SMILES string of the molecule is CC(CC(C1CCN(C(=O)OC(C)(C)C)CC1)N1C[C@H](C)[C@H](NC(=O)c2cc(C3CC3)on2)C1)N1C[C@@H](NC(=O)c2cc(C3CC3)on2)C[C@@H]1COCC#Cc1ccccc1. The summed E-state index contributed by atoms with van der Waals surface area (Å²) in [6.07, 6.45) is 7.35. The van der Waals surface area contributed by atoms with Gasteiger partial charge in [-0.1, -0.05) is 47.3 Å². The number of aromatic nitrogens is 2. The molecule has 3 aliphatic heterocycles. The smallest absolute Gasteiger partial charge is 0.410 e. The topological polar surface area (TPSA) is 156 Å². The molecule has 6 atom stereocenters. The molecule has 0 spiro atoms. The highest BCUT2D eigenvalue weighted by atomic mass is 16.6. The van der Waals surface area contributed by atoms with Gasteiger partial charge in [0.15, 0.2) is 11.4 Å². The van der Waals surface area contributed by atoms with Crippen molar-refractivity contribution in [1.29, 1.82) is 0 Å². The Morgan fingerprint density at radius 1 is 0.885 bits per heavy atom. The molecule has 61 heavy (non-hydrogen) atoms. The van der Waals surface area contributed by atoms with Crippen molar-refractivity contribution in [1.82, 2.24) is 35.6 Å². The van der Waals surface area contributed by atoms with Gasteiger partial charge in [-0.25, -0.2) is 4.79 Å². The molecule has 328 valence electrons. The summed E-state index contributed by atoms with van der Waals surface area (Å²) in [4.78, 5) is 46.9. The van der Waals surface area contributed by atoms with E-state index < -0.39 is 5.60 Å². The van der Waals surface area contributed by atoms with E-state index >= 15 is 0 Å². The molecule has 5 aliphatic rings. The molecule has 2 aliphatic carbocycles. The lowest BCUT2D eigenvalue weighted by atomic mass is 9.84. The number of nitrogens with zero attached hydrogens (tertiary/aromatic N) is 5. The van der Waals surface area contributed by atoms with Gasteiger partial charge in [-0.15, -0.1) is 0 Å². The molecule has 5 fully saturated rings. The van der Waals surface area contributed by atoms with E-state index in [0.717, 1.165) is 81.5 Å². The standard InChI is InChI=1S/C47H63N7O7/c1-30-26-53(28-40(30)49-45(56)39-25-43(61-51-39)35-15-16-35)41(33-17-19-52(20-18-33)46(57)59-47(3,4)5)22-31(2)54-27-36(48-44(55)38-24-42(60-50-38)34-13-14-34)23-37(54)29-58-21-9-12-32-10-7-6-8-11-32/h6-8,10-11,24-25,30-31,33-37,40-41H,13-23,26-29H2,1-5H3,(H,48,55)(H,49,56)/t30-,31?,36-,37+,40+,41?/m0/s1. The molecule has 14 nitrogen and oxygen atoms in total. The number of ether oxygens (including phenoxy) is 2. The average Bonchev–Trinajstić information content (AvgIpc) is 4.06. The van der Waals surface area contributed by atoms with E-state index in [2.05, 4.69) is 56.4 Å². The van der Waals surface area contributed by atoms with E-state index in [-0.39, 0.29) is 54.0 Å². The average molecular weight is 838 g/mol. The predicted molar refractivity (Wildman–Crippen MR) is 228 cm³/mol. The molecule has 2 N–H and O–H groups in total. The van der Waals surface area contributed by atoms with Crippen LogP contribution in [0.15, 0.2) is 51.5 Å². The highest BCUT2D eigenvalue weighted by Crippen LogP contribution is 2.41. The van der Waals surface area contributed by atoms with Gasteiger partial charge < -0.3 is 34.1 Å². The highest BCUT2D eigenvalue weighted by molar-refractivity contribution is 5.93. The number of likely N-dealkylation sites (tertiary alicyclic amines) is 3. The molecular weight excluding hydrogens is 775 g/mol. The molecule has 3 aromatic rings. The Labute approximate surface area is 359 Å². The molecule has 2 unspecified atom stereocenters. The first kappa shape index (κ1) is 43.0. The Morgan fingerprint density at radius 3 is 2.15 bits per heavy atom. The van der Waals surface area contributed by atoms with Gasteiger partial charge in [0.2, 0.25) is 0 Å². The second kappa shape index (κ2) is 18.7. The summed E-state index contributed by atoms with van der Waals surface area (Å²) in [5, 5.41) is 14.8. The van der Waals surface area contributed by atoms with Gasteiger partial charge in [0.05, 0.1) is 6.61 Å². The van der Waals surface area contributed by atoms with Crippen molar-refractivity contribution in [2.45, 2.75) is 134 Å².